The van der Waals surface area contributed by atoms with E-state index in [1.54, 1.807) is 0 Å². The highest BCUT2D eigenvalue weighted by molar-refractivity contribution is 6.04. The molecule has 9 aromatic rings. The molecule has 3 nitrogen and oxygen atoms in total. The highest BCUT2D eigenvalue weighted by Gasteiger charge is 2.50. The van der Waals surface area contributed by atoms with Crippen molar-refractivity contribution < 1.29 is 4.74 Å². The number of ether oxygens (including phenoxy) is 1. The Morgan fingerprint density at radius 2 is 0.870 bits per heavy atom. The van der Waals surface area contributed by atoms with Crippen molar-refractivity contribution in [1.82, 2.24) is 9.97 Å². The lowest BCUT2D eigenvalue weighted by molar-refractivity contribution is 0.436. The van der Waals surface area contributed by atoms with Crippen molar-refractivity contribution in [2.24, 2.45) is 0 Å². The Balaban J connectivity index is 1.13. The molecule has 0 radical (unpaired) electrons. The van der Waals surface area contributed by atoms with Crippen LogP contribution in [0.25, 0.3) is 66.9 Å². The Morgan fingerprint density at radius 1 is 0.333 bits per heavy atom. The van der Waals surface area contributed by atoms with Crippen molar-refractivity contribution in [3.05, 3.63) is 216 Å². The van der Waals surface area contributed by atoms with Gasteiger partial charge in [-0.15, -0.1) is 0 Å². The third-order valence-electron chi connectivity index (χ3n) is 11.2. The predicted octanol–water partition coefficient (Wildman–Crippen LogP) is 12.8. The van der Waals surface area contributed by atoms with Crippen molar-refractivity contribution in [3.63, 3.8) is 0 Å². The Labute approximate surface area is 313 Å². The number of benzene rings is 8. The maximum Gasteiger partial charge on any atom is 0.160 e. The zero-order valence-corrected chi connectivity index (χ0v) is 29.3. The number of fused-ring (bicyclic) bond motifs is 10. The molecular weight excluding hydrogens is 657 g/mol. The largest absolute Gasteiger partial charge is 0.457 e. The molecule has 54 heavy (non-hydrogen) atoms. The molecule has 2 heterocycles. The fourth-order valence-electron chi connectivity index (χ4n) is 8.86. The summed E-state index contributed by atoms with van der Waals surface area (Å²) < 4.78 is 6.84. The van der Waals surface area contributed by atoms with Gasteiger partial charge in [0.05, 0.1) is 16.8 Å². The van der Waals surface area contributed by atoms with Crippen molar-refractivity contribution in [1.29, 1.82) is 0 Å². The maximum absolute atomic E-state index is 6.84. The van der Waals surface area contributed by atoms with Crippen molar-refractivity contribution in [2.75, 3.05) is 0 Å². The molecule has 0 saturated carbocycles. The minimum absolute atomic E-state index is 0.521. The topological polar surface area (TPSA) is 35.0 Å². The highest BCUT2D eigenvalue weighted by atomic mass is 16.5. The van der Waals surface area contributed by atoms with Gasteiger partial charge in [-0.05, 0) is 62.4 Å². The average Bonchev–Trinajstić information content (AvgIpc) is 3.54. The summed E-state index contributed by atoms with van der Waals surface area (Å²) in [5.41, 5.74) is 13.9. The van der Waals surface area contributed by atoms with Gasteiger partial charge in [-0.1, -0.05) is 176 Å². The summed E-state index contributed by atoms with van der Waals surface area (Å²) in [5, 5.41) is 2.33. The number of hydrogen-bond donors (Lipinski definition) is 0. The van der Waals surface area contributed by atoms with Crippen molar-refractivity contribution in [3.8, 4) is 67.7 Å². The Bertz CT molecular complexity index is 2870. The lowest BCUT2D eigenvalue weighted by Crippen LogP contribution is -2.32. The van der Waals surface area contributed by atoms with Crippen LogP contribution in [0.5, 0.6) is 11.5 Å². The third kappa shape index (κ3) is 4.49. The van der Waals surface area contributed by atoms with E-state index in [0.717, 1.165) is 56.1 Å². The van der Waals surface area contributed by atoms with E-state index >= 15 is 0 Å². The fourth-order valence-corrected chi connectivity index (χ4v) is 8.86. The van der Waals surface area contributed by atoms with Gasteiger partial charge in [-0.25, -0.2) is 9.97 Å². The van der Waals surface area contributed by atoms with E-state index in [9.17, 15) is 0 Å². The van der Waals surface area contributed by atoms with Crippen LogP contribution in [0, 0.1) is 0 Å². The molecule has 2 aliphatic rings. The summed E-state index contributed by atoms with van der Waals surface area (Å²) in [4.78, 5) is 10.6. The van der Waals surface area contributed by atoms with Gasteiger partial charge in [0.25, 0.3) is 0 Å². The first-order valence-electron chi connectivity index (χ1n) is 18.4. The van der Waals surface area contributed by atoms with Gasteiger partial charge in [0.15, 0.2) is 5.82 Å². The van der Waals surface area contributed by atoms with Gasteiger partial charge in [-0.3, -0.25) is 0 Å². The molecule has 0 fully saturated rings. The quantitative estimate of drug-likeness (QED) is 0.185. The molecule has 1 aliphatic carbocycles. The normalized spacial score (nSPS) is 13.1. The number of nitrogens with zero attached hydrogens (tertiary/aromatic N) is 2. The smallest absolute Gasteiger partial charge is 0.160 e. The molecule has 0 saturated heterocycles. The monoisotopic (exact) mass is 688 g/mol. The van der Waals surface area contributed by atoms with Gasteiger partial charge < -0.3 is 4.74 Å². The van der Waals surface area contributed by atoms with E-state index < -0.39 is 5.41 Å². The number of rotatable bonds is 4. The zero-order chi connectivity index (χ0) is 35.6. The second-order valence-electron chi connectivity index (χ2n) is 14.1. The lowest BCUT2D eigenvalue weighted by atomic mass is 9.66. The first-order valence-corrected chi connectivity index (χ1v) is 18.4. The molecule has 3 heteroatoms. The van der Waals surface area contributed by atoms with Crippen LogP contribution in [0.1, 0.15) is 22.3 Å². The van der Waals surface area contributed by atoms with Crippen LogP contribution in [0.3, 0.4) is 0 Å². The van der Waals surface area contributed by atoms with E-state index in [2.05, 4.69) is 188 Å². The van der Waals surface area contributed by atoms with Gasteiger partial charge in [0, 0.05) is 27.8 Å². The number of para-hydroxylation sites is 1. The third-order valence-corrected chi connectivity index (χ3v) is 11.2. The van der Waals surface area contributed by atoms with Crippen LogP contribution in [0.4, 0.5) is 0 Å². The maximum atomic E-state index is 6.84. The standard InChI is InChI=1S/C51H32N2O/c1-3-15-33(16-4-1)36-28-29-41(38-20-8-7-19-37(36)38)47-32-46(34-17-5-2-6-18-34)52-50(53-47)35-27-30-45-49(31-35)54-48-26-14-13-25-44(48)51(45)42-23-11-9-21-39(42)40-22-10-12-24-43(40)51/h1-32H. The van der Waals surface area contributed by atoms with E-state index in [4.69, 9.17) is 14.7 Å². The van der Waals surface area contributed by atoms with E-state index in [1.807, 2.05) is 6.07 Å². The molecule has 1 spiro atoms. The second-order valence-corrected chi connectivity index (χ2v) is 14.1. The summed E-state index contributed by atoms with van der Waals surface area (Å²) in [6.07, 6.45) is 0. The number of hydrogen-bond acceptors (Lipinski definition) is 3. The molecule has 11 rings (SSSR count). The minimum atomic E-state index is -0.521. The van der Waals surface area contributed by atoms with Gasteiger partial charge in [0.2, 0.25) is 0 Å². The Kier molecular flexibility index (Phi) is 6.77. The van der Waals surface area contributed by atoms with E-state index in [-0.39, 0.29) is 0 Å². The zero-order valence-electron chi connectivity index (χ0n) is 29.3. The van der Waals surface area contributed by atoms with Crippen molar-refractivity contribution >= 4 is 10.8 Å². The fraction of sp³-hybridized carbons (Fsp3) is 0.0196. The molecule has 1 aromatic heterocycles. The Morgan fingerprint density at radius 3 is 1.59 bits per heavy atom. The van der Waals surface area contributed by atoms with Crippen LogP contribution in [-0.4, -0.2) is 9.97 Å². The van der Waals surface area contributed by atoms with Crippen LogP contribution in [0.15, 0.2) is 194 Å². The lowest BCUT2D eigenvalue weighted by Gasteiger charge is -2.39. The molecule has 252 valence electrons. The summed E-state index contributed by atoms with van der Waals surface area (Å²) in [6.45, 7) is 0. The predicted molar refractivity (Wildman–Crippen MR) is 219 cm³/mol. The summed E-state index contributed by atoms with van der Waals surface area (Å²) >= 11 is 0. The molecule has 8 aromatic carbocycles. The van der Waals surface area contributed by atoms with E-state index in [1.165, 1.54) is 38.8 Å². The second kappa shape index (κ2) is 12.0. The molecule has 0 N–H and O–H groups in total. The molecule has 1 aliphatic heterocycles. The van der Waals surface area contributed by atoms with Gasteiger partial charge >= 0.3 is 0 Å². The minimum Gasteiger partial charge on any atom is -0.457 e. The van der Waals surface area contributed by atoms with Crippen LogP contribution < -0.4 is 4.74 Å². The SMILES string of the molecule is c1ccc(-c2cc(-c3ccc(-c4ccccc4)c4ccccc34)nc(-c3ccc4c(c3)Oc3ccccc3C43c4ccccc4-c4ccccc43)n2)cc1. The molecular formula is C51H32N2O. The van der Waals surface area contributed by atoms with E-state index in [0.29, 0.717) is 5.82 Å². The molecule has 0 atom stereocenters. The van der Waals surface area contributed by atoms with Crippen molar-refractivity contribution in [2.45, 2.75) is 5.41 Å². The summed E-state index contributed by atoms with van der Waals surface area (Å²) in [5.74, 6) is 2.32. The molecule has 0 bridgehead atoms. The molecule has 0 amide bonds. The first-order chi connectivity index (χ1) is 26.8. The molecule has 0 unspecified atom stereocenters. The van der Waals surface area contributed by atoms with Crippen LogP contribution in [-0.2, 0) is 5.41 Å². The highest BCUT2D eigenvalue weighted by Crippen LogP contribution is 2.62. The summed E-state index contributed by atoms with van der Waals surface area (Å²) in [7, 11) is 0. The van der Waals surface area contributed by atoms with Crippen LogP contribution >= 0.6 is 0 Å². The van der Waals surface area contributed by atoms with Crippen LogP contribution in [0.2, 0.25) is 0 Å². The average molecular weight is 689 g/mol. The van der Waals surface area contributed by atoms with Gasteiger partial charge in [-0.2, -0.15) is 0 Å². The Hall–Kier alpha value is -7.10. The number of aromatic nitrogens is 2. The summed E-state index contributed by atoms with van der Waals surface area (Å²) in [6, 6.07) is 68.8. The first kappa shape index (κ1) is 30.5. The van der Waals surface area contributed by atoms with Gasteiger partial charge in [0.1, 0.15) is 11.5 Å².